The van der Waals surface area contributed by atoms with Crippen molar-refractivity contribution in [2.24, 2.45) is 0 Å². The first-order valence-electron chi connectivity index (χ1n) is 16.8. The number of nitrogens with zero attached hydrogens (tertiary/aromatic N) is 1. The van der Waals surface area contributed by atoms with Gasteiger partial charge >= 0.3 is 0 Å². The zero-order chi connectivity index (χ0) is 32.2. The first-order valence-corrected chi connectivity index (χ1v) is 16.8. The van der Waals surface area contributed by atoms with Crippen molar-refractivity contribution >= 4 is 38.6 Å². The second-order valence-electron chi connectivity index (χ2n) is 13.3. The van der Waals surface area contributed by atoms with E-state index in [4.69, 9.17) is 0 Å². The molecule has 8 aromatic rings. The van der Waals surface area contributed by atoms with Crippen LogP contribution in [-0.2, 0) is 5.41 Å². The lowest BCUT2D eigenvalue weighted by Crippen LogP contribution is -2.16. The minimum Gasteiger partial charge on any atom is -0.309 e. The molecular weight excluding hydrogens is 579 g/mol. The molecule has 0 atom stereocenters. The third kappa shape index (κ3) is 4.39. The lowest BCUT2D eigenvalue weighted by molar-refractivity contribution is 0.661. The first-order chi connectivity index (χ1) is 23.6. The number of hydrogen-bond acceptors (Lipinski definition) is 1. The van der Waals surface area contributed by atoms with Gasteiger partial charge in [-0.15, -0.1) is 0 Å². The molecule has 1 heteroatoms. The highest BCUT2D eigenvalue weighted by Crippen LogP contribution is 2.57. The van der Waals surface area contributed by atoms with Gasteiger partial charge in [-0.25, -0.2) is 0 Å². The van der Waals surface area contributed by atoms with Gasteiger partial charge in [0.25, 0.3) is 0 Å². The summed E-state index contributed by atoms with van der Waals surface area (Å²) in [6, 6.07) is 64.3. The van der Waals surface area contributed by atoms with E-state index in [1.165, 1.54) is 77.4 Å². The molecule has 1 aliphatic rings. The van der Waals surface area contributed by atoms with E-state index in [1.807, 2.05) is 0 Å². The molecule has 0 aliphatic heterocycles. The van der Waals surface area contributed by atoms with Gasteiger partial charge in [0, 0.05) is 27.4 Å². The molecule has 48 heavy (non-hydrogen) atoms. The minimum atomic E-state index is -0.125. The Bertz CT molecular complexity index is 2460. The van der Waals surface area contributed by atoms with Crippen LogP contribution in [0.5, 0.6) is 0 Å². The maximum Gasteiger partial charge on any atom is 0.0621 e. The van der Waals surface area contributed by atoms with Crippen LogP contribution in [0, 0.1) is 0 Å². The fraction of sp³-hybridized carbons (Fsp3) is 0.0638. The molecule has 0 bridgehead atoms. The highest BCUT2D eigenvalue weighted by molar-refractivity contribution is 6.12. The van der Waals surface area contributed by atoms with E-state index in [0.717, 1.165) is 5.69 Å². The van der Waals surface area contributed by atoms with Crippen molar-refractivity contribution in [3.05, 3.63) is 187 Å². The predicted octanol–water partition coefficient (Wildman–Crippen LogP) is 13.1. The third-order valence-corrected chi connectivity index (χ3v) is 10.2. The number of anilines is 3. The molecule has 0 saturated carbocycles. The van der Waals surface area contributed by atoms with Crippen molar-refractivity contribution < 1.29 is 0 Å². The van der Waals surface area contributed by atoms with E-state index in [-0.39, 0.29) is 5.41 Å². The predicted molar refractivity (Wildman–Crippen MR) is 205 cm³/mol. The van der Waals surface area contributed by atoms with E-state index in [2.05, 4.69) is 195 Å². The molecule has 0 unspecified atom stereocenters. The third-order valence-electron chi connectivity index (χ3n) is 10.2. The van der Waals surface area contributed by atoms with Gasteiger partial charge in [-0.05, 0) is 74.0 Å². The Kier molecular flexibility index (Phi) is 6.55. The summed E-state index contributed by atoms with van der Waals surface area (Å²) in [7, 11) is 0. The Hall–Kier alpha value is -5.92. The molecule has 0 radical (unpaired) electrons. The summed E-state index contributed by atoms with van der Waals surface area (Å²) in [5, 5.41) is 4.96. The van der Waals surface area contributed by atoms with Gasteiger partial charge in [0.15, 0.2) is 0 Å². The highest BCUT2D eigenvalue weighted by Gasteiger charge is 2.39. The molecule has 1 aliphatic carbocycles. The molecule has 228 valence electrons. The zero-order valence-corrected chi connectivity index (χ0v) is 27.2. The average Bonchev–Trinajstić information content (AvgIpc) is 3.38. The van der Waals surface area contributed by atoms with Crippen molar-refractivity contribution in [1.29, 1.82) is 0 Å². The summed E-state index contributed by atoms with van der Waals surface area (Å²) >= 11 is 0. The van der Waals surface area contributed by atoms with Crippen LogP contribution < -0.4 is 4.90 Å². The number of fused-ring (bicyclic) bond motifs is 5. The SMILES string of the molecule is CC1(C)c2ccccc2-c2c1cc1ccccc1c2N(c1ccc(-c2ccccc2-c2ccccc2)cc1)c1cccc2ccccc12. The molecule has 8 aromatic carbocycles. The van der Waals surface area contributed by atoms with E-state index in [1.54, 1.807) is 0 Å². The maximum absolute atomic E-state index is 2.52. The second kappa shape index (κ2) is 11.1. The summed E-state index contributed by atoms with van der Waals surface area (Å²) in [5.74, 6) is 0. The van der Waals surface area contributed by atoms with Gasteiger partial charge in [-0.2, -0.15) is 0 Å². The molecule has 0 heterocycles. The Morgan fingerprint density at radius 2 is 0.979 bits per heavy atom. The number of benzene rings is 8. The van der Waals surface area contributed by atoms with Gasteiger partial charge in [0.1, 0.15) is 0 Å². The number of hydrogen-bond donors (Lipinski definition) is 0. The summed E-state index contributed by atoms with van der Waals surface area (Å²) in [6.45, 7) is 4.74. The van der Waals surface area contributed by atoms with Crippen LogP contribution in [-0.4, -0.2) is 0 Å². The highest BCUT2D eigenvalue weighted by atomic mass is 15.1. The van der Waals surface area contributed by atoms with Crippen molar-refractivity contribution in [3.63, 3.8) is 0 Å². The van der Waals surface area contributed by atoms with Crippen LogP contribution in [0.4, 0.5) is 17.1 Å². The van der Waals surface area contributed by atoms with Gasteiger partial charge in [0.05, 0.1) is 11.4 Å². The van der Waals surface area contributed by atoms with Crippen molar-refractivity contribution in [3.8, 4) is 33.4 Å². The molecule has 9 rings (SSSR count). The van der Waals surface area contributed by atoms with Gasteiger partial charge in [-0.1, -0.05) is 166 Å². The van der Waals surface area contributed by atoms with Crippen molar-refractivity contribution in [1.82, 2.24) is 0 Å². The molecule has 0 amide bonds. The molecule has 0 aromatic heterocycles. The fourth-order valence-electron chi connectivity index (χ4n) is 7.90. The second-order valence-corrected chi connectivity index (χ2v) is 13.3. The Morgan fingerprint density at radius 3 is 1.73 bits per heavy atom. The molecule has 0 N–H and O–H groups in total. The van der Waals surface area contributed by atoms with Crippen LogP contribution in [0.25, 0.3) is 54.9 Å². The first kappa shape index (κ1) is 28.3. The summed E-state index contributed by atoms with van der Waals surface area (Å²) in [6.07, 6.45) is 0. The molecule has 1 nitrogen and oxygen atoms in total. The smallest absolute Gasteiger partial charge is 0.0621 e. The monoisotopic (exact) mass is 613 g/mol. The number of rotatable bonds is 5. The topological polar surface area (TPSA) is 3.24 Å². The van der Waals surface area contributed by atoms with Crippen LogP contribution in [0.3, 0.4) is 0 Å². The largest absolute Gasteiger partial charge is 0.309 e. The van der Waals surface area contributed by atoms with Crippen molar-refractivity contribution in [2.45, 2.75) is 19.3 Å². The Morgan fingerprint density at radius 1 is 0.417 bits per heavy atom. The molecule has 0 saturated heterocycles. The average molecular weight is 614 g/mol. The quantitative estimate of drug-likeness (QED) is 0.187. The van der Waals surface area contributed by atoms with E-state index < -0.39 is 0 Å². The van der Waals surface area contributed by atoms with Crippen LogP contribution in [0.15, 0.2) is 176 Å². The van der Waals surface area contributed by atoms with Crippen LogP contribution >= 0.6 is 0 Å². The summed E-state index contributed by atoms with van der Waals surface area (Å²) < 4.78 is 0. The molecule has 0 spiro atoms. The van der Waals surface area contributed by atoms with E-state index >= 15 is 0 Å². The Balaban J connectivity index is 1.33. The van der Waals surface area contributed by atoms with E-state index in [9.17, 15) is 0 Å². The standard InChI is InChI=1S/C47H35N/c1-47(2)42-25-13-12-24-41(42)45-43(47)31-35-18-7-9-23-40(35)46(45)48(44-26-14-19-33-17-6-8-22-39(33)44)36-29-27-34(28-30-36)38-21-11-10-20-37(38)32-15-4-3-5-16-32/h3-31H,1-2H3. The van der Waals surface area contributed by atoms with Gasteiger partial charge < -0.3 is 4.90 Å². The van der Waals surface area contributed by atoms with Crippen LogP contribution in [0.1, 0.15) is 25.0 Å². The van der Waals surface area contributed by atoms with Crippen molar-refractivity contribution in [2.75, 3.05) is 4.90 Å². The lowest BCUT2D eigenvalue weighted by atomic mass is 9.81. The molecule has 0 fully saturated rings. The summed E-state index contributed by atoms with van der Waals surface area (Å²) in [5.41, 5.74) is 13.7. The zero-order valence-electron chi connectivity index (χ0n) is 27.2. The van der Waals surface area contributed by atoms with Crippen LogP contribution in [0.2, 0.25) is 0 Å². The lowest BCUT2D eigenvalue weighted by Gasteiger charge is -2.31. The Labute approximate surface area is 282 Å². The van der Waals surface area contributed by atoms with Gasteiger partial charge in [-0.3, -0.25) is 0 Å². The fourth-order valence-corrected chi connectivity index (χ4v) is 7.90. The maximum atomic E-state index is 2.52. The minimum absolute atomic E-state index is 0.125. The van der Waals surface area contributed by atoms with E-state index in [0.29, 0.717) is 0 Å². The van der Waals surface area contributed by atoms with Gasteiger partial charge in [0.2, 0.25) is 0 Å². The molecular formula is C47H35N. The summed E-state index contributed by atoms with van der Waals surface area (Å²) in [4.78, 5) is 2.52. The normalized spacial score (nSPS) is 13.0.